The number of carbonyl (C=O) groups excluding carboxylic acids is 1. The van der Waals surface area contributed by atoms with Crippen LogP contribution >= 0.6 is 0 Å². The van der Waals surface area contributed by atoms with E-state index in [4.69, 9.17) is 0 Å². The lowest BCUT2D eigenvalue weighted by molar-refractivity contribution is 0.0982. The summed E-state index contributed by atoms with van der Waals surface area (Å²) in [4.78, 5) is 15.7. The third kappa shape index (κ3) is 2.34. The number of ketones is 1. The molecule has 0 fully saturated rings. The molecule has 4 heteroatoms. The molecule has 0 amide bonds. The van der Waals surface area contributed by atoms with E-state index in [9.17, 15) is 4.79 Å². The van der Waals surface area contributed by atoms with Gasteiger partial charge in [0.05, 0.1) is 0 Å². The molecule has 2 aromatic heterocycles. The second kappa shape index (κ2) is 4.70. The first-order chi connectivity index (χ1) is 7.77. The lowest BCUT2D eigenvalue weighted by Gasteiger charge is -2.01. The molecular weight excluding hydrogens is 202 g/mol. The smallest absolute Gasteiger partial charge is 0.163 e. The Morgan fingerprint density at radius 2 is 2.00 bits per heavy atom. The maximum atomic E-state index is 11.8. The van der Waals surface area contributed by atoms with Crippen molar-refractivity contribution in [3.63, 3.8) is 0 Å². The fourth-order valence-corrected chi connectivity index (χ4v) is 1.57. The number of rotatable bonds is 4. The van der Waals surface area contributed by atoms with Crippen LogP contribution in [0.3, 0.4) is 0 Å². The Balaban J connectivity index is 1.97. The molecule has 0 saturated carbocycles. The fourth-order valence-electron chi connectivity index (χ4n) is 1.57. The molecule has 4 nitrogen and oxygen atoms in total. The van der Waals surface area contributed by atoms with Crippen molar-refractivity contribution in [2.45, 2.75) is 12.8 Å². The number of nitrogens with zero attached hydrogens (tertiary/aromatic N) is 3. The van der Waals surface area contributed by atoms with Crippen LogP contribution in [0.4, 0.5) is 0 Å². The largest absolute Gasteiger partial charge is 0.294 e. The summed E-state index contributed by atoms with van der Waals surface area (Å²) in [6, 6.07) is 5.41. The van der Waals surface area contributed by atoms with Crippen LogP contribution in [-0.4, -0.2) is 20.5 Å². The molecule has 0 atom stereocenters. The van der Waals surface area contributed by atoms with E-state index in [0.717, 1.165) is 17.7 Å². The topological polar surface area (TPSA) is 47.8 Å². The van der Waals surface area contributed by atoms with E-state index >= 15 is 0 Å². The summed E-state index contributed by atoms with van der Waals surface area (Å²) < 4.78 is 1.79. The maximum Gasteiger partial charge on any atom is 0.163 e. The van der Waals surface area contributed by atoms with Gasteiger partial charge in [-0.1, -0.05) is 0 Å². The van der Waals surface area contributed by atoms with Crippen LogP contribution in [0.1, 0.15) is 22.5 Å². The van der Waals surface area contributed by atoms with E-state index in [2.05, 4.69) is 10.1 Å². The average molecular weight is 215 g/mol. The van der Waals surface area contributed by atoms with E-state index in [1.165, 1.54) is 0 Å². The van der Waals surface area contributed by atoms with Gasteiger partial charge in [0, 0.05) is 43.3 Å². The zero-order chi connectivity index (χ0) is 11.4. The Hall–Kier alpha value is -1.97. The van der Waals surface area contributed by atoms with Gasteiger partial charge in [0.2, 0.25) is 0 Å². The minimum atomic E-state index is 0.142. The molecule has 2 heterocycles. The molecule has 82 valence electrons. The predicted molar refractivity (Wildman–Crippen MR) is 60.1 cm³/mol. The second-order valence-corrected chi connectivity index (χ2v) is 3.61. The molecule has 16 heavy (non-hydrogen) atoms. The zero-order valence-corrected chi connectivity index (χ0v) is 9.13. The molecule has 2 aromatic rings. The maximum absolute atomic E-state index is 11.8. The van der Waals surface area contributed by atoms with Gasteiger partial charge in [-0.3, -0.25) is 14.5 Å². The first kappa shape index (κ1) is 10.5. The summed E-state index contributed by atoms with van der Waals surface area (Å²) in [5, 5.41) is 4.06. The SMILES string of the molecule is Cn1nccc1CCC(=O)c1ccncc1. The van der Waals surface area contributed by atoms with Crippen molar-refractivity contribution in [1.82, 2.24) is 14.8 Å². The van der Waals surface area contributed by atoms with Gasteiger partial charge < -0.3 is 0 Å². The van der Waals surface area contributed by atoms with Crippen LogP contribution in [-0.2, 0) is 13.5 Å². The van der Waals surface area contributed by atoms with Crippen LogP contribution in [0.2, 0.25) is 0 Å². The van der Waals surface area contributed by atoms with Gasteiger partial charge in [-0.25, -0.2) is 0 Å². The van der Waals surface area contributed by atoms with Crippen molar-refractivity contribution >= 4 is 5.78 Å². The summed E-state index contributed by atoms with van der Waals surface area (Å²) in [5.41, 5.74) is 1.79. The minimum absolute atomic E-state index is 0.142. The van der Waals surface area contributed by atoms with Gasteiger partial charge >= 0.3 is 0 Å². The molecule has 2 rings (SSSR count). The lowest BCUT2D eigenvalue weighted by Crippen LogP contribution is -2.04. The fraction of sp³-hybridized carbons (Fsp3) is 0.250. The van der Waals surface area contributed by atoms with Gasteiger partial charge in [0.15, 0.2) is 5.78 Å². The Morgan fingerprint density at radius 3 is 2.62 bits per heavy atom. The Bertz CT molecular complexity index is 476. The normalized spacial score (nSPS) is 10.3. The monoisotopic (exact) mass is 215 g/mol. The second-order valence-electron chi connectivity index (χ2n) is 3.61. The summed E-state index contributed by atoms with van der Waals surface area (Å²) in [7, 11) is 1.88. The number of aromatic nitrogens is 3. The molecule has 0 unspecified atom stereocenters. The number of hydrogen-bond donors (Lipinski definition) is 0. The summed E-state index contributed by atoms with van der Waals surface area (Å²) in [6.07, 6.45) is 6.24. The van der Waals surface area contributed by atoms with Gasteiger partial charge in [0.25, 0.3) is 0 Å². The average Bonchev–Trinajstić information content (AvgIpc) is 2.73. The highest BCUT2D eigenvalue weighted by Gasteiger charge is 2.06. The number of hydrogen-bond acceptors (Lipinski definition) is 3. The highest BCUT2D eigenvalue weighted by molar-refractivity contribution is 5.95. The van der Waals surface area contributed by atoms with E-state index in [1.54, 1.807) is 35.4 Å². The first-order valence-electron chi connectivity index (χ1n) is 5.17. The third-order valence-corrected chi connectivity index (χ3v) is 2.53. The van der Waals surface area contributed by atoms with E-state index in [0.29, 0.717) is 6.42 Å². The minimum Gasteiger partial charge on any atom is -0.294 e. The standard InChI is InChI=1S/C12H13N3O/c1-15-11(6-9-14-15)2-3-12(16)10-4-7-13-8-5-10/h4-9H,2-3H2,1H3. The van der Waals surface area contributed by atoms with Gasteiger partial charge in [-0.2, -0.15) is 5.10 Å². The van der Waals surface area contributed by atoms with Crippen molar-refractivity contribution in [3.05, 3.63) is 48.0 Å². The Morgan fingerprint density at radius 1 is 1.25 bits per heavy atom. The number of carbonyl (C=O) groups is 1. The third-order valence-electron chi connectivity index (χ3n) is 2.53. The highest BCUT2D eigenvalue weighted by atomic mass is 16.1. The zero-order valence-electron chi connectivity index (χ0n) is 9.13. The van der Waals surface area contributed by atoms with E-state index in [-0.39, 0.29) is 5.78 Å². The Kier molecular flexibility index (Phi) is 3.10. The Labute approximate surface area is 93.9 Å². The number of aryl methyl sites for hydroxylation is 2. The molecule has 0 aliphatic heterocycles. The molecule has 0 N–H and O–H groups in total. The van der Waals surface area contributed by atoms with Gasteiger partial charge in [-0.15, -0.1) is 0 Å². The molecule has 0 saturated heterocycles. The van der Waals surface area contributed by atoms with Crippen molar-refractivity contribution in [2.24, 2.45) is 7.05 Å². The van der Waals surface area contributed by atoms with Crippen molar-refractivity contribution in [1.29, 1.82) is 0 Å². The van der Waals surface area contributed by atoms with Crippen LogP contribution < -0.4 is 0 Å². The highest BCUT2D eigenvalue weighted by Crippen LogP contribution is 2.06. The molecular formula is C12H13N3O. The number of pyridine rings is 1. The molecule has 0 aliphatic carbocycles. The van der Waals surface area contributed by atoms with E-state index < -0.39 is 0 Å². The first-order valence-corrected chi connectivity index (χ1v) is 5.17. The summed E-state index contributed by atoms with van der Waals surface area (Å²) in [6.45, 7) is 0. The van der Waals surface area contributed by atoms with Crippen molar-refractivity contribution in [3.8, 4) is 0 Å². The summed E-state index contributed by atoms with van der Waals surface area (Å²) in [5.74, 6) is 0.142. The molecule has 0 aliphatic rings. The van der Waals surface area contributed by atoms with Crippen molar-refractivity contribution in [2.75, 3.05) is 0 Å². The van der Waals surface area contributed by atoms with Crippen LogP contribution in [0.25, 0.3) is 0 Å². The molecule has 0 aromatic carbocycles. The van der Waals surface area contributed by atoms with Crippen LogP contribution in [0, 0.1) is 0 Å². The molecule has 0 radical (unpaired) electrons. The quantitative estimate of drug-likeness (QED) is 0.728. The number of Topliss-reactive ketones (excluding diaryl/α,β-unsaturated/α-hetero) is 1. The van der Waals surface area contributed by atoms with Crippen molar-refractivity contribution < 1.29 is 4.79 Å². The summed E-state index contributed by atoms with van der Waals surface area (Å²) >= 11 is 0. The van der Waals surface area contributed by atoms with E-state index in [1.807, 2.05) is 13.1 Å². The van der Waals surface area contributed by atoms with Gasteiger partial charge in [-0.05, 0) is 24.6 Å². The van der Waals surface area contributed by atoms with Gasteiger partial charge in [0.1, 0.15) is 0 Å². The predicted octanol–water partition coefficient (Wildman–Crippen LogP) is 1.63. The lowest BCUT2D eigenvalue weighted by atomic mass is 10.1. The van der Waals surface area contributed by atoms with Crippen LogP contribution in [0.15, 0.2) is 36.8 Å². The van der Waals surface area contributed by atoms with Crippen LogP contribution in [0.5, 0.6) is 0 Å². The molecule has 0 bridgehead atoms. The molecule has 0 spiro atoms.